The number of hydrogen-bond donors (Lipinski definition) is 1. The van der Waals surface area contributed by atoms with Crippen LogP contribution < -0.4 is 5.73 Å². The molecule has 0 heterocycles. The van der Waals surface area contributed by atoms with E-state index in [0.717, 1.165) is 11.8 Å². The lowest BCUT2D eigenvalue weighted by molar-refractivity contribution is 1.47. The molecule has 1 nitrogen and oxygen atoms in total. The van der Waals surface area contributed by atoms with Crippen molar-refractivity contribution in [3.8, 4) is 0 Å². The van der Waals surface area contributed by atoms with E-state index in [0.29, 0.717) is 10.6 Å². The largest absolute Gasteiger partial charge is 0.399 e. The Morgan fingerprint density at radius 3 is 2.67 bits per heavy atom. The summed E-state index contributed by atoms with van der Waals surface area (Å²) in [5, 5.41) is 0. The van der Waals surface area contributed by atoms with Gasteiger partial charge < -0.3 is 5.73 Å². The smallest absolute Gasteiger partial charge is 0.0348 e. The summed E-state index contributed by atoms with van der Waals surface area (Å²) in [5.41, 5.74) is 6.08. The monoisotopic (exact) mass is 142 g/mol. The molecule has 0 saturated heterocycles. The van der Waals surface area contributed by atoms with Crippen LogP contribution in [0.15, 0.2) is 29.2 Å². The number of benzene rings is 1. The van der Waals surface area contributed by atoms with Crippen LogP contribution in [0.1, 0.15) is 4.11 Å². The molecule has 0 radical (unpaired) electrons. The molecular formula is C7H9NS. The highest BCUT2D eigenvalue weighted by Gasteiger charge is 1.85. The molecule has 0 aromatic heterocycles. The van der Waals surface area contributed by atoms with Crippen molar-refractivity contribution in [3.05, 3.63) is 24.3 Å². The van der Waals surface area contributed by atoms with Gasteiger partial charge in [0.25, 0.3) is 0 Å². The molecule has 1 aromatic carbocycles. The third-order valence-electron chi connectivity index (χ3n) is 0.998. The summed E-state index contributed by atoms with van der Waals surface area (Å²) in [6.45, 7) is 0. The number of hydrogen-bond acceptors (Lipinski definition) is 2. The molecular weight excluding hydrogens is 130 g/mol. The lowest BCUT2D eigenvalue weighted by Gasteiger charge is -1.94. The molecule has 1 aromatic rings. The molecule has 0 unspecified atom stereocenters. The number of nitrogen functional groups attached to an aromatic ring is 1. The Morgan fingerprint density at radius 2 is 2.11 bits per heavy atom. The van der Waals surface area contributed by atoms with Gasteiger partial charge in [-0.3, -0.25) is 0 Å². The summed E-state index contributed by atoms with van der Waals surface area (Å²) in [4.78, 5) is 0.712. The first-order valence-corrected chi connectivity index (χ1v) is 3.33. The van der Waals surface area contributed by atoms with Crippen LogP contribution in [0.4, 0.5) is 5.69 Å². The summed E-state index contributed by atoms with van der Waals surface area (Å²) in [6.07, 6.45) is -1.98. The summed E-state index contributed by atoms with van der Waals surface area (Å²) >= 11 is 0.854. The Balaban J connectivity index is 2.71. The fourth-order valence-electron chi connectivity index (χ4n) is 0.536. The summed E-state index contributed by atoms with van der Waals surface area (Å²) in [7, 11) is 0. The highest BCUT2D eigenvalue weighted by molar-refractivity contribution is 7.98. The highest BCUT2D eigenvalue weighted by atomic mass is 32.2. The molecule has 0 fully saturated rings. The first-order valence-electron chi connectivity index (χ1n) is 4.02. The van der Waals surface area contributed by atoms with Gasteiger partial charge in [-0.1, -0.05) is 0 Å². The summed E-state index contributed by atoms with van der Waals surface area (Å²) in [5.74, 6) is 0. The molecule has 0 atom stereocenters. The van der Waals surface area contributed by atoms with Crippen molar-refractivity contribution in [1.29, 1.82) is 0 Å². The van der Waals surface area contributed by atoms with E-state index in [1.807, 2.05) is 0 Å². The van der Waals surface area contributed by atoms with Gasteiger partial charge in [-0.25, -0.2) is 0 Å². The highest BCUT2D eigenvalue weighted by Crippen LogP contribution is 2.14. The zero-order valence-electron chi connectivity index (χ0n) is 7.79. The van der Waals surface area contributed by atoms with E-state index in [1.54, 1.807) is 24.3 Å². The van der Waals surface area contributed by atoms with Crippen LogP contribution >= 0.6 is 11.8 Å². The van der Waals surface area contributed by atoms with Gasteiger partial charge in [0, 0.05) is 14.7 Å². The predicted octanol–water partition coefficient (Wildman–Crippen LogP) is 1.99. The zero-order chi connectivity index (χ0) is 9.19. The van der Waals surface area contributed by atoms with Crippen LogP contribution in [-0.2, 0) is 0 Å². The number of nitrogens with two attached hydrogens (primary N) is 1. The molecule has 0 aliphatic rings. The average Bonchev–Trinajstić information content (AvgIpc) is 1.91. The molecule has 48 valence electrons. The minimum Gasteiger partial charge on any atom is -0.399 e. The second-order valence-electron chi connectivity index (χ2n) is 1.67. The Kier molecular flexibility index (Phi) is 1.09. The molecule has 0 amide bonds. The van der Waals surface area contributed by atoms with Gasteiger partial charge in [0.2, 0.25) is 0 Å². The van der Waals surface area contributed by atoms with Gasteiger partial charge in [0.15, 0.2) is 0 Å². The van der Waals surface area contributed by atoms with Gasteiger partial charge in [0.05, 0.1) is 0 Å². The minimum atomic E-state index is -1.98. The van der Waals surface area contributed by atoms with Crippen LogP contribution in [0.3, 0.4) is 0 Å². The fourth-order valence-corrected chi connectivity index (χ4v) is 0.808. The van der Waals surface area contributed by atoms with Gasteiger partial charge in [-0.2, -0.15) is 0 Å². The fraction of sp³-hybridized carbons (Fsp3) is 0.143. The van der Waals surface area contributed by atoms with E-state index < -0.39 is 6.18 Å². The van der Waals surface area contributed by atoms with Crippen molar-refractivity contribution in [1.82, 2.24) is 0 Å². The van der Waals surface area contributed by atoms with Crippen LogP contribution in [0.25, 0.3) is 0 Å². The molecule has 0 spiro atoms. The Bertz CT molecular complexity index is 254. The summed E-state index contributed by atoms with van der Waals surface area (Å²) in [6, 6.07) is 6.78. The van der Waals surface area contributed by atoms with Gasteiger partial charge >= 0.3 is 0 Å². The lowest BCUT2D eigenvalue weighted by atomic mass is 10.3. The first-order chi connectivity index (χ1) is 5.47. The number of anilines is 1. The van der Waals surface area contributed by atoms with Crippen molar-refractivity contribution in [2.75, 3.05) is 11.9 Å². The maximum absolute atomic E-state index is 6.99. The minimum absolute atomic E-state index is 0.643. The van der Waals surface area contributed by atoms with Crippen LogP contribution in [0.2, 0.25) is 0 Å². The molecule has 2 heteroatoms. The van der Waals surface area contributed by atoms with E-state index in [1.165, 1.54) is 0 Å². The SMILES string of the molecule is [2H]C([2H])([2H])Sc1ccc(N)cc1. The molecule has 0 saturated carbocycles. The Morgan fingerprint density at radius 1 is 1.44 bits per heavy atom. The Hall–Kier alpha value is -0.630. The van der Waals surface area contributed by atoms with Crippen LogP contribution in [-0.4, -0.2) is 6.18 Å². The Labute approximate surface area is 63.5 Å². The van der Waals surface area contributed by atoms with Crippen LogP contribution in [0, 0.1) is 0 Å². The topological polar surface area (TPSA) is 26.0 Å². The maximum atomic E-state index is 6.99. The number of rotatable bonds is 1. The molecule has 0 aliphatic carbocycles. The van der Waals surface area contributed by atoms with E-state index in [4.69, 9.17) is 9.85 Å². The second kappa shape index (κ2) is 2.78. The van der Waals surface area contributed by atoms with Gasteiger partial charge in [0.1, 0.15) is 0 Å². The molecule has 9 heavy (non-hydrogen) atoms. The summed E-state index contributed by atoms with van der Waals surface area (Å²) < 4.78 is 21.0. The van der Waals surface area contributed by atoms with Crippen molar-refractivity contribution in [2.45, 2.75) is 4.90 Å². The van der Waals surface area contributed by atoms with Crippen molar-refractivity contribution >= 4 is 17.4 Å². The van der Waals surface area contributed by atoms with Crippen molar-refractivity contribution in [2.24, 2.45) is 0 Å². The van der Waals surface area contributed by atoms with E-state index in [-0.39, 0.29) is 0 Å². The van der Waals surface area contributed by atoms with Gasteiger partial charge in [-0.15, -0.1) is 11.8 Å². The molecule has 0 aliphatic heterocycles. The van der Waals surface area contributed by atoms with Gasteiger partial charge in [-0.05, 0) is 30.4 Å². The van der Waals surface area contributed by atoms with Crippen molar-refractivity contribution in [3.63, 3.8) is 0 Å². The third-order valence-corrected chi connectivity index (χ3v) is 1.51. The van der Waals surface area contributed by atoms with E-state index >= 15 is 0 Å². The third kappa shape index (κ3) is 1.64. The predicted molar refractivity (Wildman–Crippen MR) is 42.6 cm³/mol. The number of thioether (sulfide) groups is 1. The quantitative estimate of drug-likeness (QED) is 0.479. The first kappa shape index (κ1) is 3.52. The van der Waals surface area contributed by atoms with Crippen LogP contribution in [0.5, 0.6) is 0 Å². The standard InChI is InChI=1S/C7H9NS/c1-9-7-4-2-6(8)3-5-7/h2-5H,8H2,1H3/i1D3. The second-order valence-corrected chi connectivity index (χ2v) is 2.35. The maximum Gasteiger partial charge on any atom is 0.0348 e. The molecule has 0 bridgehead atoms. The van der Waals surface area contributed by atoms with Crippen molar-refractivity contribution < 1.29 is 4.11 Å². The van der Waals surface area contributed by atoms with E-state index in [9.17, 15) is 0 Å². The zero-order valence-corrected chi connectivity index (χ0v) is 5.61. The van der Waals surface area contributed by atoms with E-state index in [2.05, 4.69) is 0 Å². The lowest BCUT2D eigenvalue weighted by Crippen LogP contribution is -1.81. The average molecular weight is 142 g/mol. The molecule has 1 rings (SSSR count). The molecule has 2 N–H and O–H groups in total. The normalized spacial score (nSPS) is 15.8.